The minimum absolute atomic E-state index is 0.185. The second kappa shape index (κ2) is 10.5. The lowest BCUT2D eigenvalue weighted by Gasteiger charge is -2.14. The highest BCUT2D eigenvalue weighted by molar-refractivity contribution is 14.1. The van der Waals surface area contributed by atoms with E-state index in [0.717, 1.165) is 21.8 Å². The summed E-state index contributed by atoms with van der Waals surface area (Å²) in [6.07, 6.45) is 1.64. The van der Waals surface area contributed by atoms with E-state index >= 15 is 0 Å². The molecule has 1 fully saturated rings. The van der Waals surface area contributed by atoms with Crippen molar-refractivity contribution in [2.45, 2.75) is 6.54 Å². The fraction of sp³-hybridized carbons (Fsp3) is 0.190. The van der Waals surface area contributed by atoms with Gasteiger partial charge in [-0.05, 0) is 69.8 Å². The van der Waals surface area contributed by atoms with Crippen molar-refractivity contribution in [1.29, 1.82) is 0 Å². The number of benzene rings is 2. The van der Waals surface area contributed by atoms with E-state index in [0.29, 0.717) is 25.5 Å². The van der Waals surface area contributed by atoms with Gasteiger partial charge < -0.3 is 14.2 Å². The van der Waals surface area contributed by atoms with Gasteiger partial charge in [-0.25, -0.2) is 4.79 Å². The third-order valence-electron chi connectivity index (χ3n) is 4.27. The van der Waals surface area contributed by atoms with Gasteiger partial charge in [0.2, 0.25) is 0 Å². The SMILES string of the molecule is COC(=O)COc1c(I)cc(/C=C2\SC(=O)N(Cc3ccccc3Br)C2=O)cc1OC. The monoisotopic (exact) mass is 617 g/mol. The molecule has 0 atom stereocenters. The fourth-order valence-electron chi connectivity index (χ4n) is 2.74. The normalized spacial score (nSPS) is 14.8. The molecule has 0 radical (unpaired) electrons. The number of hydrogen-bond donors (Lipinski definition) is 0. The van der Waals surface area contributed by atoms with E-state index in [4.69, 9.17) is 9.47 Å². The molecule has 2 aromatic rings. The van der Waals surface area contributed by atoms with Crippen LogP contribution in [-0.2, 0) is 20.9 Å². The summed E-state index contributed by atoms with van der Waals surface area (Å²) in [4.78, 5) is 38.2. The molecule has 1 aliphatic heterocycles. The Bertz CT molecular complexity index is 1070. The summed E-state index contributed by atoms with van der Waals surface area (Å²) in [7, 11) is 2.76. The molecule has 2 aromatic carbocycles. The Kier molecular flexibility index (Phi) is 8.00. The highest BCUT2D eigenvalue weighted by Gasteiger charge is 2.35. The number of esters is 1. The van der Waals surface area contributed by atoms with Gasteiger partial charge in [-0.2, -0.15) is 0 Å². The van der Waals surface area contributed by atoms with Gasteiger partial charge in [0.1, 0.15) is 0 Å². The first-order valence-corrected chi connectivity index (χ1v) is 11.6. The number of thioether (sulfide) groups is 1. The minimum Gasteiger partial charge on any atom is -0.493 e. The first-order chi connectivity index (χ1) is 14.8. The zero-order valence-electron chi connectivity index (χ0n) is 16.5. The van der Waals surface area contributed by atoms with E-state index in [1.54, 1.807) is 18.2 Å². The predicted octanol–water partition coefficient (Wildman–Crippen LogP) is 4.85. The van der Waals surface area contributed by atoms with Gasteiger partial charge in [-0.3, -0.25) is 14.5 Å². The van der Waals surface area contributed by atoms with E-state index in [-0.39, 0.29) is 24.3 Å². The quantitative estimate of drug-likeness (QED) is 0.250. The van der Waals surface area contributed by atoms with Crippen LogP contribution in [0.5, 0.6) is 11.5 Å². The van der Waals surface area contributed by atoms with Crippen molar-refractivity contribution < 1.29 is 28.6 Å². The Morgan fingerprint density at radius 2 is 1.97 bits per heavy atom. The summed E-state index contributed by atoms with van der Waals surface area (Å²) in [6, 6.07) is 10.9. The summed E-state index contributed by atoms with van der Waals surface area (Å²) in [5.41, 5.74) is 1.51. The number of hydrogen-bond acceptors (Lipinski definition) is 7. The van der Waals surface area contributed by atoms with Crippen molar-refractivity contribution in [3.05, 3.63) is 60.5 Å². The van der Waals surface area contributed by atoms with Crippen LogP contribution in [0.3, 0.4) is 0 Å². The van der Waals surface area contributed by atoms with E-state index in [1.807, 2.05) is 24.3 Å². The molecule has 0 bridgehead atoms. The van der Waals surface area contributed by atoms with Crippen molar-refractivity contribution in [2.24, 2.45) is 0 Å². The van der Waals surface area contributed by atoms with Gasteiger partial charge >= 0.3 is 5.97 Å². The molecule has 1 saturated heterocycles. The zero-order chi connectivity index (χ0) is 22.5. The minimum atomic E-state index is -0.513. The molecule has 0 N–H and O–H groups in total. The first kappa shape index (κ1) is 23.6. The van der Waals surface area contributed by atoms with E-state index in [9.17, 15) is 14.4 Å². The zero-order valence-corrected chi connectivity index (χ0v) is 21.1. The molecule has 0 spiro atoms. The third kappa shape index (κ3) is 5.60. The number of nitrogens with zero attached hydrogens (tertiary/aromatic N) is 1. The summed E-state index contributed by atoms with van der Waals surface area (Å²) in [5.74, 6) is -0.0754. The molecule has 1 heterocycles. The number of halogens is 2. The summed E-state index contributed by atoms with van der Waals surface area (Å²) < 4.78 is 17.0. The van der Waals surface area contributed by atoms with Crippen LogP contribution in [0, 0.1) is 3.57 Å². The van der Waals surface area contributed by atoms with Crippen LogP contribution in [0.4, 0.5) is 4.79 Å². The average molecular weight is 618 g/mol. The maximum Gasteiger partial charge on any atom is 0.343 e. The predicted molar refractivity (Wildman–Crippen MR) is 129 cm³/mol. The molecule has 1 aliphatic rings. The Labute approximate surface area is 205 Å². The number of amides is 2. The number of carbonyl (C=O) groups is 3. The second-order valence-corrected chi connectivity index (χ2v) is 9.27. The molecule has 31 heavy (non-hydrogen) atoms. The van der Waals surface area contributed by atoms with Crippen molar-refractivity contribution in [2.75, 3.05) is 20.8 Å². The van der Waals surface area contributed by atoms with Crippen LogP contribution >= 0.6 is 50.3 Å². The second-order valence-electron chi connectivity index (χ2n) is 6.26. The van der Waals surface area contributed by atoms with Crippen molar-refractivity contribution in [3.63, 3.8) is 0 Å². The highest BCUT2D eigenvalue weighted by atomic mass is 127. The number of rotatable bonds is 7. The van der Waals surface area contributed by atoms with Crippen molar-refractivity contribution in [1.82, 2.24) is 4.90 Å². The smallest absolute Gasteiger partial charge is 0.343 e. The average Bonchev–Trinajstić information content (AvgIpc) is 3.01. The lowest BCUT2D eigenvalue weighted by molar-refractivity contribution is -0.143. The Morgan fingerprint density at radius 1 is 1.23 bits per heavy atom. The number of carbonyl (C=O) groups excluding carboxylic acids is 3. The van der Waals surface area contributed by atoms with Gasteiger partial charge in [0.05, 0.1) is 29.2 Å². The largest absolute Gasteiger partial charge is 0.493 e. The Hall–Kier alpha value is -2.05. The molecule has 3 rings (SSSR count). The number of ether oxygens (including phenoxy) is 3. The molecule has 0 aliphatic carbocycles. The lowest BCUT2D eigenvalue weighted by atomic mass is 10.1. The van der Waals surface area contributed by atoms with Gasteiger partial charge in [0.15, 0.2) is 18.1 Å². The standard InChI is InChI=1S/C21H17BrINO6S/c1-28-16-8-12(7-15(23)19(16)30-11-18(25)29-2)9-17-20(26)24(21(27)31-17)10-13-5-3-4-6-14(13)22/h3-9H,10-11H2,1-2H3/b17-9-. The van der Waals surface area contributed by atoms with Gasteiger partial charge in [0.25, 0.3) is 11.1 Å². The maximum absolute atomic E-state index is 12.8. The molecule has 2 amide bonds. The van der Waals surface area contributed by atoms with Crippen LogP contribution in [0.1, 0.15) is 11.1 Å². The Balaban J connectivity index is 1.83. The lowest BCUT2D eigenvalue weighted by Crippen LogP contribution is -2.27. The van der Waals surface area contributed by atoms with Crippen LogP contribution in [0.2, 0.25) is 0 Å². The molecule has 0 saturated carbocycles. The molecule has 0 unspecified atom stereocenters. The number of methoxy groups -OCH3 is 2. The van der Waals surface area contributed by atoms with Crippen LogP contribution < -0.4 is 9.47 Å². The number of imide groups is 1. The molecule has 10 heteroatoms. The van der Waals surface area contributed by atoms with Gasteiger partial charge in [-0.15, -0.1) is 0 Å². The topological polar surface area (TPSA) is 82.1 Å². The van der Waals surface area contributed by atoms with E-state index in [1.165, 1.54) is 19.1 Å². The molecule has 7 nitrogen and oxygen atoms in total. The third-order valence-corrected chi connectivity index (χ3v) is 6.75. The van der Waals surface area contributed by atoms with Crippen LogP contribution in [0.25, 0.3) is 6.08 Å². The molecular formula is C21H17BrINO6S. The molecule has 162 valence electrons. The maximum atomic E-state index is 12.8. The first-order valence-electron chi connectivity index (χ1n) is 8.90. The summed E-state index contributed by atoms with van der Waals surface area (Å²) in [5, 5.41) is -0.327. The highest BCUT2D eigenvalue weighted by Crippen LogP contribution is 2.38. The summed E-state index contributed by atoms with van der Waals surface area (Å²) >= 11 is 6.38. The van der Waals surface area contributed by atoms with Crippen LogP contribution in [0.15, 0.2) is 45.8 Å². The van der Waals surface area contributed by atoms with Gasteiger partial charge in [0, 0.05) is 4.47 Å². The van der Waals surface area contributed by atoms with Crippen LogP contribution in [-0.4, -0.2) is 42.8 Å². The van der Waals surface area contributed by atoms with E-state index in [2.05, 4.69) is 43.3 Å². The molecule has 0 aromatic heterocycles. The van der Waals surface area contributed by atoms with E-state index < -0.39 is 5.97 Å². The van der Waals surface area contributed by atoms with Gasteiger partial charge in [-0.1, -0.05) is 34.1 Å². The summed E-state index contributed by atoms with van der Waals surface area (Å²) in [6.45, 7) is -0.0687. The molecular weight excluding hydrogens is 601 g/mol. The van der Waals surface area contributed by atoms with Crippen molar-refractivity contribution >= 4 is 73.5 Å². The Morgan fingerprint density at radius 3 is 2.65 bits per heavy atom. The van der Waals surface area contributed by atoms with Crippen molar-refractivity contribution in [3.8, 4) is 11.5 Å². The fourth-order valence-corrected chi connectivity index (χ4v) is 4.77.